The zero-order chi connectivity index (χ0) is 19.1. The molecule has 1 rings (SSSR count). The molecule has 1 unspecified atom stereocenters. The zero-order valence-corrected chi connectivity index (χ0v) is 19.9. The Labute approximate surface area is 176 Å². The lowest BCUT2D eigenvalue weighted by Gasteiger charge is -2.23. The molecular weight excluding hydrogens is 461 g/mol. The average molecular weight is 495 g/mol. The maximum absolute atomic E-state index is 11.3. The molecule has 0 saturated carbocycles. The van der Waals surface area contributed by atoms with Crippen LogP contribution in [0.5, 0.6) is 0 Å². The van der Waals surface area contributed by atoms with Crippen molar-refractivity contribution >= 4 is 39.8 Å². The fraction of sp³-hybridized carbons (Fsp3) is 0.632. The second kappa shape index (κ2) is 11.1. The van der Waals surface area contributed by atoms with Gasteiger partial charge in [-0.1, -0.05) is 45.0 Å². The van der Waals surface area contributed by atoms with Gasteiger partial charge in [-0.2, -0.15) is 0 Å². The topological polar surface area (TPSA) is 70.6 Å². The summed E-state index contributed by atoms with van der Waals surface area (Å²) in [5, 5.41) is 6.71. The molecule has 0 aliphatic carbocycles. The second-order valence-corrected chi connectivity index (χ2v) is 10.1. The van der Waals surface area contributed by atoms with Gasteiger partial charge in [-0.05, 0) is 36.3 Å². The normalized spacial score (nSPS) is 13.7. The van der Waals surface area contributed by atoms with Gasteiger partial charge in [0.25, 0.3) is 0 Å². The van der Waals surface area contributed by atoms with Gasteiger partial charge >= 0.3 is 0 Å². The first-order valence-corrected chi connectivity index (χ1v) is 10.8. The maximum atomic E-state index is 11.3. The standard InChI is InChI=1S/C19H33N3O2S.HI/c1-15(11-12-19(2,3)4)22-18(20-5)21-13-16-7-9-17(10-8-16)14-25(6,23)24;/h7-10,15H,11-14H2,1-6H3,(H2,20,21,22);1H. The van der Waals surface area contributed by atoms with E-state index in [9.17, 15) is 8.42 Å². The molecule has 0 saturated heterocycles. The van der Waals surface area contributed by atoms with E-state index in [1.165, 1.54) is 6.26 Å². The molecule has 1 atom stereocenters. The summed E-state index contributed by atoms with van der Waals surface area (Å²) >= 11 is 0. The molecule has 5 nitrogen and oxygen atoms in total. The third-order valence-corrected chi connectivity index (χ3v) is 4.70. The number of halogens is 1. The van der Waals surface area contributed by atoms with Crippen molar-refractivity contribution in [3.63, 3.8) is 0 Å². The highest BCUT2D eigenvalue weighted by atomic mass is 127. The molecule has 0 radical (unpaired) electrons. The largest absolute Gasteiger partial charge is 0.354 e. The van der Waals surface area contributed by atoms with Crippen molar-refractivity contribution < 1.29 is 8.42 Å². The van der Waals surface area contributed by atoms with E-state index in [2.05, 4.69) is 43.3 Å². The van der Waals surface area contributed by atoms with E-state index in [1.807, 2.05) is 24.3 Å². The van der Waals surface area contributed by atoms with Gasteiger partial charge < -0.3 is 10.6 Å². The molecule has 7 heteroatoms. The minimum absolute atomic E-state index is 0. The molecule has 0 heterocycles. The van der Waals surface area contributed by atoms with Crippen LogP contribution in [-0.2, 0) is 22.1 Å². The van der Waals surface area contributed by atoms with Gasteiger partial charge in [0.1, 0.15) is 0 Å². The predicted molar refractivity (Wildman–Crippen MR) is 122 cm³/mol. The van der Waals surface area contributed by atoms with Crippen molar-refractivity contribution in [1.29, 1.82) is 0 Å². The highest BCUT2D eigenvalue weighted by Gasteiger charge is 2.13. The van der Waals surface area contributed by atoms with Gasteiger partial charge in [0.15, 0.2) is 15.8 Å². The number of hydrogen-bond donors (Lipinski definition) is 2. The first kappa shape index (κ1) is 25.2. The van der Waals surface area contributed by atoms with Crippen LogP contribution >= 0.6 is 24.0 Å². The molecule has 150 valence electrons. The summed E-state index contributed by atoms with van der Waals surface area (Å²) in [6, 6.07) is 7.97. The van der Waals surface area contributed by atoms with Gasteiger partial charge in [0, 0.05) is 25.9 Å². The molecule has 1 aromatic carbocycles. The zero-order valence-electron chi connectivity index (χ0n) is 16.8. The number of sulfone groups is 1. The van der Waals surface area contributed by atoms with Crippen LogP contribution in [0.4, 0.5) is 0 Å². The van der Waals surface area contributed by atoms with Crippen molar-refractivity contribution in [2.75, 3.05) is 13.3 Å². The molecule has 0 amide bonds. The summed E-state index contributed by atoms with van der Waals surface area (Å²) in [4.78, 5) is 4.27. The van der Waals surface area contributed by atoms with Gasteiger partial charge in [-0.15, -0.1) is 24.0 Å². The summed E-state index contributed by atoms with van der Waals surface area (Å²) in [5.74, 6) is 0.858. The summed E-state index contributed by atoms with van der Waals surface area (Å²) < 4.78 is 22.6. The Bertz CT molecular complexity index is 665. The Morgan fingerprint density at radius 3 is 2.15 bits per heavy atom. The third-order valence-electron chi connectivity index (χ3n) is 3.85. The number of nitrogens with one attached hydrogen (secondary N) is 2. The van der Waals surface area contributed by atoms with E-state index < -0.39 is 9.84 Å². The molecule has 1 aromatic rings. The SMILES string of the molecule is CN=C(NCc1ccc(CS(C)(=O)=O)cc1)NC(C)CCC(C)(C)C.I. The van der Waals surface area contributed by atoms with Crippen LogP contribution in [0.25, 0.3) is 0 Å². The molecule has 0 aromatic heterocycles. The van der Waals surface area contributed by atoms with Crippen LogP contribution in [0.15, 0.2) is 29.3 Å². The predicted octanol–water partition coefficient (Wildman–Crippen LogP) is 3.73. The summed E-state index contributed by atoms with van der Waals surface area (Å²) in [5.41, 5.74) is 2.23. The quantitative estimate of drug-likeness (QED) is 0.344. The van der Waals surface area contributed by atoms with Crippen LogP contribution in [0.1, 0.15) is 51.7 Å². The Morgan fingerprint density at radius 1 is 1.15 bits per heavy atom. The monoisotopic (exact) mass is 495 g/mol. The van der Waals surface area contributed by atoms with E-state index in [0.29, 0.717) is 18.0 Å². The minimum Gasteiger partial charge on any atom is -0.354 e. The second-order valence-electron chi connectivity index (χ2n) is 7.96. The number of guanidine groups is 1. The number of aliphatic imine (C=N–C) groups is 1. The molecule has 0 spiro atoms. The Balaban J connectivity index is 0.00000625. The van der Waals surface area contributed by atoms with Crippen molar-refractivity contribution in [2.45, 2.75) is 58.9 Å². The van der Waals surface area contributed by atoms with Crippen molar-refractivity contribution in [3.05, 3.63) is 35.4 Å². The minimum atomic E-state index is -2.99. The van der Waals surface area contributed by atoms with E-state index in [0.717, 1.165) is 29.9 Å². The lowest BCUT2D eigenvalue weighted by molar-refractivity contribution is 0.346. The van der Waals surface area contributed by atoms with E-state index in [-0.39, 0.29) is 29.7 Å². The summed E-state index contributed by atoms with van der Waals surface area (Å²) in [7, 11) is -1.23. The van der Waals surface area contributed by atoms with Crippen LogP contribution in [0, 0.1) is 5.41 Å². The Morgan fingerprint density at radius 2 is 1.69 bits per heavy atom. The van der Waals surface area contributed by atoms with Gasteiger partial charge in [0.2, 0.25) is 0 Å². The molecule has 26 heavy (non-hydrogen) atoms. The lowest BCUT2D eigenvalue weighted by atomic mass is 9.89. The van der Waals surface area contributed by atoms with Crippen molar-refractivity contribution in [1.82, 2.24) is 10.6 Å². The maximum Gasteiger partial charge on any atom is 0.191 e. The fourth-order valence-electron chi connectivity index (χ4n) is 2.39. The number of hydrogen-bond acceptors (Lipinski definition) is 3. The molecule has 2 N–H and O–H groups in total. The molecule has 0 bridgehead atoms. The third kappa shape index (κ3) is 11.7. The van der Waals surface area contributed by atoms with Gasteiger partial charge in [-0.3, -0.25) is 4.99 Å². The molecule has 0 aliphatic rings. The van der Waals surface area contributed by atoms with E-state index in [4.69, 9.17) is 0 Å². The van der Waals surface area contributed by atoms with Gasteiger partial charge in [-0.25, -0.2) is 8.42 Å². The van der Waals surface area contributed by atoms with Crippen molar-refractivity contribution in [3.8, 4) is 0 Å². The fourth-order valence-corrected chi connectivity index (χ4v) is 3.19. The van der Waals surface area contributed by atoms with Gasteiger partial charge in [0.05, 0.1) is 5.75 Å². The lowest BCUT2D eigenvalue weighted by Crippen LogP contribution is -2.42. The van der Waals surface area contributed by atoms with Crippen LogP contribution in [0.2, 0.25) is 0 Å². The van der Waals surface area contributed by atoms with Crippen LogP contribution in [-0.4, -0.2) is 33.7 Å². The highest BCUT2D eigenvalue weighted by Crippen LogP contribution is 2.21. The van der Waals surface area contributed by atoms with Crippen LogP contribution < -0.4 is 10.6 Å². The smallest absolute Gasteiger partial charge is 0.191 e. The van der Waals surface area contributed by atoms with Crippen LogP contribution in [0.3, 0.4) is 0 Å². The van der Waals surface area contributed by atoms with E-state index in [1.54, 1.807) is 7.05 Å². The summed E-state index contributed by atoms with van der Waals surface area (Å²) in [6.07, 6.45) is 3.49. The molecule has 0 aliphatic heterocycles. The van der Waals surface area contributed by atoms with E-state index >= 15 is 0 Å². The highest BCUT2D eigenvalue weighted by molar-refractivity contribution is 14.0. The number of nitrogens with zero attached hydrogens (tertiary/aromatic N) is 1. The Hall–Kier alpha value is -0.830. The molecular formula is C19H34IN3O2S. The Kier molecular flexibility index (Phi) is 10.8. The first-order valence-electron chi connectivity index (χ1n) is 8.71. The molecule has 0 fully saturated rings. The number of rotatable bonds is 7. The number of benzene rings is 1. The summed E-state index contributed by atoms with van der Waals surface area (Å²) in [6.45, 7) is 9.56. The van der Waals surface area contributed by atoms with Crippen molar-refractivity contribution in [2.24, 2.45) is 10.4 Å². The first-order chi connectivity index (χ1) is 11.5. The average Bonchev–Trinajstić information content (AvgIpc) is 2.48.